The van der Waals surface area contributed by atoms with Crippen LogP contribution in [0.4, 0.5) is 5.69 Å². The molecule has 1 unspecified atom stereocenters. The summed E-state index contributed by atoms with van der Waals surface area (Å²) in [6.45, 7) is 1.96. The van der Waals surface area contributed by atoms with Crippen molar-refractivity contribution in [1.29, 1.82) is 0 Å². The van der Waals surface area contributed by atoms with Gasteiger partial charge in [-0.05, 0) is 55.0 Å². The van der Waals surface area contributed by atoms with Crippen molar-refractivity contribution in [1.82, 2.24) is 0 Å². The largest absolute Gasteiger partial charge is 0.366 e. The highest BCUT2D eigenvalue weighted by Crippen LogP contribution is 2.27. The zero-order valence-electron chi connectivity index (χ0n) is 12.6. The fourth-order valence-corrected chi connectivity index (χ4v) is 3.02. The van der Waals surface area contributed by atoms with Crippen LogP contribution in [0.15, 0.2) is 53.4 Å². The molecule has 2 aromatic carbocycles. The van der Waals surface area contributed by atoms with Crippen LogP contribution >= 0.6 is 23.4 Å². The lowest BCUT2D eigenvalue weighted by Crippen LogP contribution is -2.24. The Kier molecular flexibility index (Phi) is 6.07. The van der Waals surface area contributed by atoms with E-state index in [1.54, 1.807) is 36.4 Å². The molecule has 0 saturated heterocycles. The van der Waals surface area contributed by atoms with Crippen LogP contribution in [0, 0.1) is 0 Å². The van der Waals surface area contributed by atoms with Gasteiger partial charge in [-0.2, -0.15) is 0 Å². The number of primary amides is 1. The van der Waals surface area contributed by atoms with Gasteiger partial charge in [0.25, 0.3) is 0 Å². The van der Waals surface area contributed by atoms with E-state index in [1.165, 1.54) is 11.8 Å². The first-order chi connectivity index (χ1) is 11.0. The summed E-state index contributed by atoms with van der Waals surface area (Å²) in [5.41, 5.74) is 6.23. The van der Waals surface area contributed by atoms with Crippen LogP contribution in [0.2, 0.25) is 5.02 Å². The Morgan fingerprint density at radius 3 is 2.26 bits per heavy atom. The fraction of sp³-hybridized carbons (Fsp3) is 0.176. The van der Waals surface area contributed by atoms with E-state index in [0.717, 1.165) is 4.90 Å². The summed E-state index contributed by atoms with van der Waals surface area (Å²) in [5.74, 6) is -0.577. The number of carbonyl (C=O) groups is 2. The number of halogens is 1. The predicted octanol–water partition coefficient (Wildman–Crippen LogP) is 3.95. The Hall–Kier alpha value is -1.98. The fourth-order valence-electron chi connectivity index (χ4n) is 1.94. The van der Waals surface area contributed by atoms with E-state index >= 15 is 0 Å². The topological polar surface area (TPSA) is 72.2 Å². The molecule has 0 bridgehead atoms. The molecular formula is C17H17ClN2O2S. The van der Waals surface area contributed by atoms with Crippen molar-refractivity contribution in [2.24, 2.45) is 5.73 Å². The molecular weight excluding hydrogens is 332 g/mol. The second-order valence-electron chi connectivity index (χ2n) is 4.90. The van der Waals surface area contributed by atoms with Gasteiger partial charge in [-0.15, -0.1) is 11.8 Å². The second kappa shape index (κ2) is 8.04. The number of nitrogens with one attached hydrogen (secondary N) is 1. The predicted molar refractivity (Wildman–Crippen MR) is 95.0 cm³/mol. The first-order valence-electron chi connectivity index (χ1n) is 7.12. The van der Waals surface area contributed by atoms with E-state index in [2.05, 4.69) is 5.32 Å². The van der Waals surface area contributed by atoms with E-state index in [9.17, 15) is 9.59 Å². The molecule has 1 atom stereocenters. The van der Waals surface area contributed by atoms with Gasteiger partial charge in [0.2, 0.25) is 11.8 Å². The third-order valence-electron chi connectivity index (χ3n) is 3.19. The molecule has 0 radical (unpaired) electrons. The Morgan fingerprint density at radius 2 is 1.74 bits per heavy atom. The highest BCUT2D eigenvalue weighted by atomic mass is 35.5. The molecule has 0 aliphatic carbocycles. The van der Waals surface area contributed by atoms with Gasteiger partial charge < -0.3 is 11.1 Å². The number of amides is 2. The van der Waals surface area contributed by atoms with Gasteiger partial charge in [-0.1, -0.05) is 18.5 Å². The number of carbonyl (C=O) groups excluding carboxylic acids is 2. The van der Waals surface area contributed by atoms with Crippen LogP contribution in [0.5, 0.6) is 0 Å². The van der Waals surface area contributed by atoms with Crippen molar-refractivity contribution < 1.29 is 9.59 Å². The van der Waals surface area contributed by atoms with Crippen molar-refractivity contribution >= 4 is 40.9 Å². The SMILES string of the molecule is CCC(Sc1ccc(Cl)cc1)C(=O)Nc1ccc(C(N)=O)cc1. The molecule has 2 amide bonds. The van der Waals surface area contributed by atoms with Crippen LogP contribution in [-0.2, 0) is 4.79 Å². The Bertz CT molecular complexity index is 687. The molecule has 2 rings (SSSR count). The van der Waals surface area contributed by atoms with E-state index in [-0.39, 0.29) is 11.2 Å². The van der Waals surface area contributed by atoms with E-state index in [4.69, 9.17) is 17.3 Å². The minimum atomic E-state index is -0.493. The van der Waals surface area contributed by atoms with Gasteiger partial charge >= 0.3 is 0 Å². The third-order valence-corrected chi connectivity index (χ3v) is 4.82. The molecule has 0 aliphatic heterocycles. The highest BCUT2D eigenvalue weighted by molar-refractivity contribution is 8.00. The Morgan fingerprint density at radius 1 is 1.13 bits per heavy atom. The second-order valence-corrected chi connectivity index (χ2v) is 6.61. The number of hydrogen-bond acceptors (Lipinski definition) is 3. The molecule has 4 nitrogen and oxygen atoms in total. The lowest BCUT2D eigenvalue weighted by atomic mass is 10.2. The summed E-state index contributed by atoms with van der Waals surface area (Å²) in [6.07, 6.45) is 0.693. The lowest BCUT2D eigenvalue weighted by molar-refractivity contribution is -0.115. The number of anilines is 1. The highest BCUT2D eigenvalue weighted by Gasteiger charge is 2.18. The monoisotopic (exact) mass is 348 g/mol. The van der Waals surface area contributed by atoms with Gasteiger partial charge in [0.1, 0.15) is 0 Å². The Balaban J connectivity index is 2.01. The maximum Gasteiger partial charge on any atom is 0.248 e. The quantitative estimate of drug-likeness (QED) is 0.776. The van der Waals surface area contributed by atoms with Gasteiger partial charge in [0, 0.05) is 21.2 Å². The average molecular weight is 349 g/mol. The maximum absolute atomic E-state index is 12.4. The summed E-state index contributed by atoms with van der Waals surface area (Å²) in [4.78, 5) is 24.4. The van der Waals surface area contributed by atoms with Crippen LogP contribution in [-0.4, -0.2) is 17.1 Å². The standard InChI is InChI=1S/C17H17ClN2O2S/c1-2-15(23-14-9-5-12(18)6-10-14)17(22)20-13-7-3-11(4-8-13)16(19)21/h3-10,15H,2H2,1H3,(H2,19,21)(H,20,22). The Labute approximate surface area is 144 Å². The number of benzene rings is 2. The van der Waals surface area contributed by atoms with Gasteiger partial charge in [0.15, 0.2) is 0 Å². The molecule has 3 N–H and O–H groups in total. The summed E-state index contributed by atoms with van der Waals surface area (Å²) in [7, 11) is 0. The molecule has 0 aromatic heterocycles. The normalized spacial score (nSPS) is 11.7. The van der Waals surface area contributed by atoms with Crippen molar-refractivity contribution in [3.05, 3.63) is 59.1 Å². The van der Waals surface area contributed by atoms with Crippen molar-refractivity contribution in [2.45, 2.75) is 23.5 Å². The van der Waals surface area contributed by atoms with E-state index in [1.807, 2.05) is 19.1 Å². The molecule has 6 heteroatoms. The summed E-state index contributed by atoms with van der Waals surface area (Å²) < 4.78 is 0. The zero-order chi connectivity index (χ0) is 16.8. The summed E-state index contributed by atoms with van der Waals surface area (Å²) in [5, 5.41) is 3.30. The molecule has 23 heavy (non-hydrogen) atoms. The lowest BCUT2D eigenvalue weighted by Gasteiger charge is -2.15. The third kappa shape index (κ3) is 5.01. The number of hydrogen-bond donors (Lipinski definition) is 2. The van der Waals surface area contributed by atoms with Gasteiger partial charge in [-0.25, -0.2) is 0 Å². The molecule has 0 heterocycles. The van der Waals surface area contributed by atoms with E-state index in [0.29, 0.717) is 22.7 Å². The zero-order valence-corrected chi connectivity index (χ0v) is 14.2. The van der Waals surface area contributed by atoms with Crippen LogP contribution in [0.3, 0.4) is 0 Å². The van der Waals surface area contributed by atoms with Crippen molar-refractivity contribution in [3.8, 4) is 0 Å². The number of thioether (sulfide) groups is 1. The summed E-state index contributed by atoms with van der Waals surface area (Å²) >= 11 is 7.35. The van der Waals surface area contributed by atoms with Gasteiger partial charge in [0.05, 0.1) is 5.25 Å². The first kappa shape index (κ1) is 17.4. The maximum atomic E-state index is 12.4. The molecule has 0 aliphatic rings. The molecule has 2 aromatic rings. The number of rotatable bonds is 6. The van der Waals surface area contributed by atoms with Crippen molar-refractivity contribution in [2.75, 3.05) is 5.32 Å². The van der Waals surface area contributed by atoms with Crippen LogP contribution in [0.1, 0.15) is 23.7 Å². The van der Waals surface area contributed by atoms with E-state index < -0.39 is 5.91 Å². The van der Waals surface area contributed by atoms with Gasteiger partial charge in [-0.3, -0.25) is 9.59 Å². The smallest absolute Gasteiger partial charge is 0.248 e. The minimum absolute atomic E-state index is 0.0840. The molecule has 0 fully saturated rings. The van der Waals surface area contributed by atoms with Crippen LogP contribution < -0.4 is 11.1 Å². The first-order valence-corrected chi connectivity index (χ1v) is 8.38. The molecule has 0 spiro atoms. The van der Waals surface area contributed by atoms with Crippen LogP contribution in [0.25, 0.3) is 0 Å². The number of nitrogens with two attached hydrogens (primary N) is 1. The molecule has 0 saturated carbocycles. The minimum Gasteiger partial charge on any atom is -0.366 e. The summed E-state index contributed by atoms with van der Waals surface area (Å²) in [6, 6.07) is 13.9. The van der Waals surface area contributed by atoms with Crippen molar-refractivity contribution in [3.63, 3.8) is 0 Å². The molecule has 120 valence electrons. The average Bonchev–Trinajstić information content (AvgIpc) is 2.54.